The molecule has 22 heavy (non-hydrogen) atoms. The SMILES string of the molecule is Clc1ccc(C2(c3nsc(Oc4ccccc4)n3)CC2)cc1. The lowest BCUT2D eigenvalue weighted by molar-refractivity contribution is 0.475. The van der Waals surface area contributed by atoms with Crippen LogP contribution in [-0.2, 0) is 5.41 Å². The van der Waals surface area contributed by atoms with Crippen molar-refractivity contribution in [2.24, 2.45) is 0 Å². The second kappa shape index (κ2) is 5.38. The molecule has 0 bridgehead atoms. The molecule has 4 rings (SSSR count). The zero-order valence-corrected chi connectivity index (χ0v) is 13.3. The molecule has 1 heterocycles. The summed E-state index contributed by atoms with van der Waals surface area (Å²) in [7, 11) is 0. The van der Waals surface area contributed by atoms with E-state index < -0.39 is 0 Å². The predicted octanol–water partition coefficient (Wildman–Crippen LogP) is 5.06. The van der Waals surface area contributed by atoms with Gasteiger partial charge in [-0.1, -0.05) is 41.9 Å². The van der Waals surface area contributed by atoms with Crippen molar-refractivity contribution >= 4 is 23.1 Å². The smallest absolute Gasteiger partial charge is 0.298 e. The molecule has 0 spiro atoms. The molecule has 1 aliphatic carbocycles. The van der Waals surface area contributed by atoms with Crippen LogP contribution in [0.2, 0.25) is 5.02 Å². The van der Waals surface area contributed by atoms with Gasteiger partial charge in [-0.25, -0.2) is 0 Å². The Labute approximate surface area is 137 Å². The van der Waals surface area contributed by atoms with Gasteiger partial charge in [-0.15, -0.1) is 0 Å². The zero-order chi connectivity index (χ0) is 15.0. The summed E-state index contributed by atoms with van der Waals surface area (Å²) in [5.74, 6) is 1.63. The van der Waals surface area contributed by atoms with Crippen LogP contribution in [-0.4, -0.2) is 9.36 Å². The van der Waals surface area contributed by atoms with Gasteiger partial charge in [0.15, 0.2) is 5.82 Å². The third-order valence-corrected chi connectivity index (χ3v) is 4.78. The minimum atomic E-state index is -0.0562. The van der Waals surface area contributed by atoms with Gasteiger partial charge in [0.1, 0.15) is 5.75 Å². The van der Waals surface area contributed by atoms with Crippen molar-refractivity contribution in [2.75, 3.05) is 0 Å². The van der Waals surface area contributed by atoms with Crippen molar-refractivity contribution in [3.05, 3.63) is 71.0 Å². The fourth-order valence-electron chi connectivity index (χ4n) is 2.57. The summed E-state index contributed by atoms with van der Waals surface area (Å²) >= 11 is 7.27. The van der Waals surface area contributed by atoms with Crippen LogP contribution in [0, 0.1) is 0 Å². The number of para-hydroxylation sites is 1. The highest BCUT2D eigenvalue weighted by Crippen LogP contribution is 2.53. The van der Waals surface area contributed by atoms with E-state index in [1.54, 1.807) is 0 Å². The van der Waals surface area contributed by atoms with Gasteiger partial charge in [0.05, 0.1) is 5.41 Å². The number of aromatic nitrogens is 2. The molecule has 3 nitrogen and oxygen atoms in total. The molecule has 0 aliphatic heterocycles. The summed E-state index contributed by atoms with van der Waals surface area (Å²) in [5, 5.41) is 1.33. The number of benzene rings is 2. The van der Waals surface area contributed by atoms with Crippen LogP contribution in [0.5, 0.6) is 10.9 Å². The molecule has 0 radical (unpaired) electrons. The van der Waals surface area contributed by atoms with Crippen LogP contribution in [0.15, 0.2) is 54.6 Å². The molecular weight excluding hydrogens is 316 g/mol. The third kappa shape index (κ3) is 2.49. The van der Waals surface area contributed by atoms with Crippen LogP contribution in [0.3, 0.4) is 0 Å². The van der Waals surface area contributed by atoms with Crippen molar-refractivity contribution in [3.63, 3.8) is 0 Å². The molecule has 3 aromatic rings. The Morgan fingerprint density at radius 2 is 1.73 bits per heavy atom. The molecule has 1 aromatic heterocycles. The second-order valence-electron chi connectivity index (χ2n) is 5.39. The van der Waals surface area contributed by atoms with Crippen molar-refractivity contribution in [3.8, 4) is 10.9 Å². The summed E-state index contributed by atoms with van der Waals surface area (Å²) in [6, 6.07) is 17.6. The van der Waals surface area contributed by atoms with E-state index in [2.05, 4.69) is 21.5 Å². The topological polar surface area (TPSA) is 35.0 Å². The van der Waals surface area contributed by atoms with Crippen molar-refractivity contribution in [1.29, 1.82) is 0 Å². The Morgan fingerprint density at radius 3 is 2.41 bits per heavy atom. The minimum absolute atomic E-state index is 0.0562. The van der Waals surface area contributed by atoms with E-state index in [9.17, 15) is 0 Å². The quantitative estimate of drug-likeness (QED) is 0.671. The average molecular weight is 329 g/mol. The van der Waals surface area contributed by atoms with E-state index in [-0.39, 0.29) is 5.41 Å². The first-order valence-corrected chi connectivity index (χ1v) is 8.25. The van der Waals surface area contributed by atoms with Gasteiger partial charge in [0, 0.05) is 16.6 Å². The molecule has 2 aromatic carbocycles. The maximum absolute atomic E-state index is 5.97. The Kier molecular flexibility index (Phi) is 3.36. The highest BCUT2D eigenvalue weighted by Gasteiger charge is 2.49. The Morgan fingerprint density at radius 1 is 1.00 bits per heavy atom. The number of ether oxygens (including phenoxy) is 1. The maximum Gasteiger partial charge on any atom is 0.298 e. The lowest BCUT2D eigenvalue weighted by Gasteiger charge is -2.11. The molecule has 1 fully saturated rings. The number of nitrogens with zero attached hydrogens (tertiary/aromatic N) is 2. The number of rotatable bonds is 4. The third-order valence-electron chi connectivity index (χ3n) is 3.93. The Balaban J connectivity index is 1.60. The van der Waals surface area contributed by atoms with Crippen LogP contribution in [0.4, 0.5) is 0 Å². The Bertz CT molecular complexity index is 782. The van der Waals surface area contributed by atoms with E-state index >= 15 is 0 Å². The molecular formula is C17H13ClN2OS. The van der Waals surface area contributed by atoms with Crippen LogP contribution < -0.4 is 4.74 Å². The van der Waals surface area contributed by atoms with E-state index in [1.807, 2.05) is 42.5 Å². The fourth-order valence-corrected chi connectivity index (χ4v) is 3.34. The van der Waals surface area contributed by atoms with Crippen molar-refractivity contribution in [2.45, 2.75) is 18.3 Å². The zero-order valence-electron chi connectivity index (χ0n) is 11.7. The van der Waals surface area contributed by atoms with Gasteiger partial charge >= 0.3 is 0 Å². The molecule has 110 valence electrons. The summed E-state index contributed by atoms with van der Waals surface area (Å²) in [6.07, 6.45) is 2.13. The molecule has 0 N–H and O–H groups in total. The van der Waals surface area contributed by atoms with Gasteiger partial charge in [-0.05, 0) is 42.7 Å². The Hall–Kier alpha value is -1.91. The second-order valence-corrected chi connectivity index (χ2v) is 6.54. The maximum atomic E-state index is 5.97. The fraction of sp³-hybridized carbons (Fsp3) is 0.176. The first-order valence-electron chi connectivity index (χ1n) is 7.09. The predicted molar refractivity (Wildman–Crippen MR) is 87.9 cm³/mol. The molecule has 5 heteroatoms. The summed E-state index contributed by atoms with van der Waals surface area (Å²) < 4.78 is 10.3. The molecule has 0 atom stereocenters. The van der Waals surface area contributed by atoms with Crippen LogP contribution in [0.25, 0.3) is 0 Å². The van der Waals surface area contributed by atoms with E-state index in [4.69, 9.17) is 16.3 Å². The first-order chi connectivity index (χ1) is 10.8. The van der Waals surface area contributed by atoms with Crippen LogP contribution in [0.1, 0.15) is 24.2 Å². The van der Waals surface area contributed by atoms with E-state index in [0.29, 0.717) is 5.19 Å². The average Bonchev–Trinajstić information content (AvgIpc) is 3.22. The molecule has 1 saturated carbocycles. The number of hydrogen-bond donors (Lipinski definition) is 0. The highest BCUT2D eigenvalue weighted by atomic mass is 35.5. The summed E-state index contributed by atoms with van der Waals surface area (Å²) in [6.45, 7) is 0. The molecule has 0 amide bonds. The first kappa shape index (κ1) is 13.7. The van der Waals surface area contributed by atoms with Crippen molar-refractivity contribution in [1.82, 2.24) is 9.36 Å². The normalized spacial score (nSPS) is 15.5. The highest BCUT2D eigenvalue weighted by molar-refractivity contribution is 7.07. The molecule has 1 aliphatic rings. The summed E-state index contributed by atoms with van der Waals surface area (Å²) in [5.41, 5.74) is 1.17. The largest absolute Gasteiger partial charge is 0.430 e. The lowest BCUT2D eigenvalue weighted by Crippen LogP contribution is -2.10. The summed E-state index contributed by atoms with van der Waals surface area (Å²) in [4.78, 5) is 4.59. The standard InChI is InChI=1S/C17H13ClN2OS/c18-13-8-6-12(7-9-13)17(10-11-17)15-19-16(22-20-15)21-14-4-2-1-3-5-14/h1-9H,10-11H2. The van der Waals surface area contributed by atoms with E-state index in [0.717, 1.165) is 29.4 Å². The number of halogens is 1. The van der Waals surface area contributed by atoms with Crippen molar-refractivity contribution < 1.29 is 4.74 Å². The van der Waals surface area contributed by atoms with Gasteiger partial charge in [-0.3, -0.25) is 0 Å². The van der Waals surface area contributed by atoms with Gasteiger partial charge < -0.3 is 4.74 Å². The van der Waals surface area contributed by atoms with E-state index in [1.165, 1.54) is 17.1 Å². The molecule has 0 saturated heterocycles. The molecule has 0 unspecified atom stereocenters. The van der Waals surface area contributed by atoms with Gasteiger partial charge in [0.2, 0.25) is 0 Å². The monoisotopic (exact) mass is 328 g/mol. The lowest BCUT2D eigenvalue weighted by atomic mass is 9.95. The van der Waals surface area contributed by atoms with Gasteiger partial charge in [0.25, 0.3) is 5.19 Å². The number of hydrogen-bond acceptors (Lipinski definition) is 4. The van der Waals surface area contributed by atoms with Crippen LogP contribution >= 0.6 is 23.1 Å². The van der Waals surface area contributed by atoms with Gasteiger partial charge in [-0.2, -0.15) is 9.36 Å². The minimum Gasteiger partial charge on any atom is -0.430 e.